The van der Waals surface area contributed by atoms with Gasteiger partial charge in [-0.3, -0.25) is 4.40 Å². The quantitative estimate of drug-likeness (QED) is 0.222. The van der Waals surface area contributed by atoms with Crippen LogP contribution in [0.15, 0.2) is 78.0 Å². The molecule has 5 nitrogen and oxygen atoms in total. The highest BCUT2D eigenvalue weighted by molar-refractivity contribution is 7.99. The van der Waals surface area contributed by atoms with Crippen molar-refractivity contribution in [3.8, 4) is 11.5 Å². The molecule has 5 aromatic rings. The van der Waals surface area contributed by atoms with Crippen LogP contribution >= 0.6 is 11.8 Å². The van der Waals surface area contributed by atoms with E-state index in [1.807, 2.05) is 60.7 Å². The number of fused-ring (bicyclic) bond motifs is 5. The van der Waals surface area contributed by atoms with Crippen molar-refractivity contribution in [2.24, 2.45) is 0 Å². The summed E-state index contributed by atoms with van der Waals surface area (Å²) in [4.78, 5) is 9.77. The zero-order valence-corrected chi connectivity index (χ0v) is 16.7. The Kier molecular flexibility index (Phi) is 4.69. The van der Waals surface area contributed by atoms with Gasteiger partial charge in [0.15, 0.2) is 5.16 Å². The molecule has 0 aliphatic rings. The summed E-state index contributed by atoms with van der Waals surface area (Å²) in [5.74, 6) is 2.43. The van der Waals surface area contributed by atoms with Crippen molar-refractivity contribution in [2.75, 3.05) is 19.5 Å². The van der Waals surface area contributed by atoms with Gasteiger partial charge in [-0.25, -0.2) is 9.97 Å². The summed E-state index contributed by atoms with van der Waals surface area (Å²) < 4.78 is 13.2. The maximum absolute atomic E-state index is 5.87. The molecule has 0 aliphatic carbocycles. The number of benzene rings is 3. The molecule has 0 unspecified atom stereocenters. The predicted molar refractivity (Wildman–Crippen MR) is 117 cm³/mol. The normalized spacial score (nSPS) is 11.3. The largest absolute Gasteiger partial charge is 0.497 e. The molecule has 2 heterocycles. The maximum Gasteiger partial charge on any atom is 0.174 e. The van der Waals surface area contributed by atoms with Crippen molar-refractivity contribution in [3.05, 3.63) is 72.8 Å². The first-order chi connectivity index (χ1) is 14.3. The highest BCUT2D eigenvalue weighted by Crippen LogP contribution is 2.29. The average Bonchev–Trinajstić information content (AvgIpc) is 3.17. The van der Waals surface area contributed by atoms with Crippen LogP contribution in [0, 0.1) is 0 Å². The van der Waals surface area contributed by atoms with E-state index in [1.54, 1.807) is 18.9 Å². The van der Waals surface area contributed by atoms with Gasteiger partial charge in [-0.2, -0.15) is 0 Å². The van der Waals surface area contributed by atoms with Crippen LogP contribution in [0.5, 0.6) is 11.5 Å². The van der Waals surface area contributed by atoms with Crippen LogP contribution in [0.4, 0.5) is 0 Å². The van der Waals surface area contributed by atoms with Crippen molar-refractivity contribution >= 4 is 39.3 Å². The number of nitrogens with zero attached hydrogens (tertiary/aromatic N) is 3. The van der Waals surface area contributed by atoms with Crippen molar-refractivity contribution in [1.29, 1.82) is 0 Å². The van der Waals surface area contributed by atoms with E-state index in [1.165, 1.54) is 0 Å². The van der Waals surface area contributed by atoms with Gasteiger partial charge in [0.05, 0.1) is 30.3 Å². The maximum atomic E-state index is 5.87. The Morgan fingerprint density at radius 1 is 0.828 bits per heavy atom. The predicted octanol–water partition coefficient (Wildman–Crippen LogP) is 5.22. The van der Waals surface area contributed by atoms with E-state index in [9.17, 15) is 0 Å². The Morgan fingerprint density at radius 2 is 1.55 bits per heavy atom. The second-order valence-electron chi connectivity index (χ2n) is 6.54. The summed E-state index contributed by atoms with van der Waals surface area (Å²) >= 11 is 1.67. The van der Waals surface area contributed by atoms with Gasteiger partial charge in [0, 0.05) is 11.1 Å². The molecule has 0 radical (unpaired) electrons. The van der Waals surface area contributed by atoms with E-state index in [0.29, 0.717) is 6.61 Å². The van der Waals surface area contributed by atoms with Gasteiger partial charge in [0.25, 0.3) is 0 Å². The highest BCUT2D eigenvalue weighted by Gasteiger charge is 2.13. The zero-order chi connectivity index (χ0) is 19.6. The molecule has 0 aliphatic heterocycles. The molecule has 0 saturated heterocycles. The smallest absolute Gasteiger partial charge is 0.174 e. The first-order valence-corrected chi connectivity index (χ1v) is 10.4. The second-order valence-corrected chi connectivity index (χ2v) is 7.61. The Labute approximate surface area is 172 Å². The van der Waals surface area contributed by atoms with Crippen LogP contribution in [0.25, 0.3) is 27.6 Å². The Hall–Kier alpha value is -3.25. The molecule has 0 atom stereocenters. The highest BCUT2D eigenvalue weighted by atomic mass is 32.2. The minimum atomic E-state index is 0.583. The fourth-order valence-electron chi connectivity index (χ4n) is 3.37. The molecule has 0 spiro atoms. The van der Waals surface area contributed by atoms with Gasteiger partial charge in [0.2, 0.25) is 0 Å². The van der Waals surface area contributed by atoms with E-state index >= 15 is 0 Å². The number of aromatic nitrogens is 3. The van der Waals surface area contributed by atoms with Gasteiger partial charge in [-0.1, -0.05) is 36.0 Å². The number of hydrogen-bond donors (Lipinski definition) is 0. The van der Waals surface area contributed by atoms with Crippen LogP contribution in [0.2, 0.25) is 0 Å². The monoisotopic (exact) mass is 401 g/mol. The molecule has 0 bridgehead atoms. The summed E-state index contributed by atoms with van der Waals surface area (Å²) in [6.07, 6.45) is 0. The Bertz CT molecular complexity index is 1300. The molecule has 2 aromatic heterocycles. The van der Waals surface area contributed by atoms with Gasteiger partial charge in [0.1, 0.15) is 17.1 Å². The van der Waals surface area contributed by atoms with E-state index in [2.05, 4.69) is 16.5 Å². The standard InChI is InChI=1S/C23H19N3O2S/c1-27-16-10-12-17(13-11-16)28-14-15-29-23-25-19-7-3-2-6-18(19)22-24-20-8-4-5-9-21(20)26(22)23/h2-13H,14-15H2,1H3. The van der Waals surface area contributed by atoms with Crippen LogP contribution in [0.1, 0.15) is 0 Å². The molecule has 0 amide bonds. The van der Waals surface area contributed by atoms with Crippen LogP contribution in [-0.4, -0.2) is 33.8 Å². The molecule has 0 saturated carbocycles. The summed E-state index contributed by atoms with van der Waals surface area (Å²) in [5.41, 5.74) is 3.94. The van der Waals surface area contributed by atoms with Crippen molar-refractivity contribution in [1.82, 2.24) is 14.4 Å². The molecular formula is C23H19N3O2S. The molecule has 144 valence electrons. The molecule has 6 heteroatoms. The molecule has 29 heavy (non-hydrogen) atoms. The lowest BCUT2D eigenvalue weighted by atomic mass is 10.2. The Balaban J connectivity index is 1.43. The summed E-state index contributed by atoms with van der Waals surface area (Å²) in [6, 6.07) is 23.9. The topological polar surface area (TPSA) is 48.7 Å². The molecule has 0 fully saturated rings. The van der Waals surface area contributed by atoms with E-state index in [-0.39, 0.29) is 0 Å². The van der Waals surface area contributed by atoms with Gasteiger partial charge < -0.3 is 9.47 Å². The van der Waals surface area contributed by atoms with E-state index < -0.39 is 0 Å². The first kappa shape index (κ1) is 17.8. The van der Waals surface area contributed by atoms with Crippen LogP contribution < -0.4 is 9.47 Å². The Morgan fingerprint density at radius 3 is 2.38 bits per heavy atom. The number of methoxy groups -OCH3 is 1. The fraction of sp³-hybridized carbons (Fsp3) is 0.130. The zero-order valence-electron chi connectivity index (χ0n) is 15.9. The molecular weight excluding hydrogens is 382 g/mol. The minimum absolute atomic E-state index is 0.583. The summed E-state index contributed by atoms with van der Waals surface area (Å²) in [5, 5.41) is 1.98. The number of imidazole rings is 1. The van der Waals surface area contributed by atoms with Crippen molar-refractivity contribution in [3.63, 3.8) is 0 Å². The minimum Gasteiger partial charge on any atom is -0.497 e. The molecule has 0 N–H and O–H groups in total. The lowest BCUT2D eigenvalue weighted by molar-refractivity contribution is 0.342. The van der Waals surface area contributed by atoms with Crippen LogP contribution in [0.3, 0.4) is 0 Å². The van der Waals surface area contributed by atoms with Crippen molar-refractivity contribution in [2.45, 2.75) is 5.16 Å². The molecule has 5 rings (SSSR count). The number of hydrogen-bond acceptors (Lipinski definition) is 5. The summed E-state index contributed by atoms with van der Waals surface area (Å²) in [7, 11) is 1.66. The fourth-order valence-corrected chi connectivity index (χ4v) is 4.20. The third kappa shape index (κ3) is 3.36. The third-order valence-corrected chi connectivity index (χ3v) is 5.66. The molecule has 3 aromatic carbocycles. The average molecular weight is 401 g/mol. The van der Waals surface area contributed by atoms with Gasteiger partial charge in [-0.05, 0) is 48.5 Å². The number of thioether (sulfide) groups is 1. The SMILES string of the molecule is COc1ccc(OCCSc2nc3ccccc3c3nc4ccccc4n23)cc1. The van der Waals surface area contributed by atoms with Crippen molar-refractivity contribution < 1.29 is 9.47 Å². The first-order valence-electron chi connectivity index (χ1n) is 9.39. The summed E-state index contributed by atoms with van der Waals surface area (Å²) in [6.45, 7) is 0.583. The van der Waals surface area contributed by atoms with Crippen LogP contribution in [-0.2, 0) is 0 Å². The second kappa shape index (κ2) is 7.64. The van der Waals surface area contributed by atoms with E-state index in [4.69, 9.17) is 19.4 Å². The lowest BCUT2D eigenvalue weighted by Gasteiger charge is -2.09. The van der Waals surface area contributed by atoms with Gasteiger partial charge in [-0.15, -0.1) is 0 Å². The number of rotatable bonds is 6. The third-order valence-electron chi connectivity index (χ3n) is 4.76. The van der Waals surface area contributed by atoms with Gasteiger partial charge >= 0.3 is 0 Å². The number of ether oxygens (including phenoxy) is 2. The lowest BCUT2D eigenvalue weighted by Crippen LogP contribution is -2.03. The van der Waals surface area contributed by atoms with E-state index in [0.717, 1.165) is 50.0 Å². The number of para-hydroxylation sites is 3.